The van der Waals surface area contributed by atoms with Gasteiger partial charge < -0.3 is 14.8 Å². The molecule has 1 amide bonds. The van der Waals surface area contributed by atoms with Crippen molar-refractivity contribution in [2.75, 3.05) is 19.0 Å². The van der Waals surface area contributed by atoms with E-state index in [-0.39, 0.29) is 18.6 Å². The molecule has 1 N–H and O–H groups in total. The molecule has 27 heavy (non-hydrogen) atoms. The number of amides is 1. The van der Waals surface area contributed by atoms with E-state index in [2.05, 4.69) is 5.32 Å². The molecule has 0 saturated heterocycles. The normalized spacial score (nSPS) is 10.2. The third kappa shape index (κ3) is 6.42. The van der Waals surface area contributed by atoms with Crippen LogP contribution in [0.2, 0.25) is 5.02 Å². The SMILES string of the molecule is COc1ccc(C)cc1C(=O)CCC(=O)OCC(=O)Nc1ccc(Cl)cc1. The third-order valence-corrected chi connectivity index (χ3v) is 3.96. The van der Waals surface area contributed by atoms with Gasteiger partial charge in [-0.15, -0.1) is 0 Å². The number of ether oxygens (including phenoxy) is 2. The summed E-state index contributed by atoms with van der Waals surface area (Å²) in [4.78, 5) is 35.9. The van der Waals surface area contributed by atoms with Gasteiger partial charge in [-0.3, -0.25) is 14.4 Å². The number of ketones is 1. The summed E-state index contributed by atoms with van der Waals surface area (Å²) in [5, 5.41) is 3.13. The van der Waals surface area contributed by atoms with Gasteiger partial charge in [-0.25, -0.2) is 0 Å². The standard InChI is InChI=1S/C20H20ClNO5/c1-13-3-9-18(26-2)16(11-13)17(23)8-10-20(25)27-12-19(24)22-15-6-4-14(21)5-7-15/h3-7,9,11H,8,10,12H2,1-2H3,(H,22,24). The topological polar surface area (TPSA) is 81.7 Å². The zero-order valence-corrected chi connectivity index (χ0v) is 15.8. The number of hydrogen-bond acceptors (Lipinski definition) is 5. The summed E-state index contributed by atoms with van der Waals surface area (Å²) in [5.41, 5.74) is 1.88. The van der Waals surface area contributed by atoms with Crippen LogP contribution in [-0.4, -0.2) is 31.4 Å². The van der Waals surface area contributed by atoms with E-state index in [4.69, 9.17) is 21.1 Å². The average Bonchev–Trinajstić information content (AvgIpc) is 2.66. The Labute approximate surface area is 162 Å². The van der Waals surface area contributed by atoms with Crippen molar-refractivity contribution >= 4 is 34.9 Å². The van der Waals surface area contributed by atoms with Crippen molar-refractivity contribution < 1.29 is 23.9 Å². The zero-order chi connectivity index (χ0) is 19.8. The molecule has 0 radical (unpaired) electrons. The minimum absolute atomic E-state index is 0.0303. The molecule has 0 fully saturated rings. The monoisotopic (exact) mass is 389 g/mol. The van der Waals surface area contributed by atoms with E-state index in [1.54, 1.807) is 36.4 Å². The Morgan fingerprint density at radius 2 is 1.74 bits per heavy atom. The molecule has 0 saturated carbocycles. The van der Waals surface area contributed by atoms with Crippen molar-refractivity contribution in [3.63, 3.8) is 0 Å². The van der Waals surface area contributed by atoms with E-state index in [1.807, 2.05) is 13.0 Å². The second-order valence-corrected chi connectivity index (χ2v) is 6.28. The van der Waals surface area contributed by atoms with E-state index in [0.717, 1.165) is 5.56 Å². The first kappa shape index (κ1) is 20.5. The molecule has 0 heterocycles. The number of methoxy groups -OCH3 is 1. The maximum absolute atomic E-state index is 12.3. The number of esters is 1. The van der Waals surface area contributed by atoms with E-state index < -0.39 is 18.5 Å². The van der Waals surface area contributed by atoms with Gasteiger partial charge in [0.2, 0.25) is 0 Å². The van der Waals surface area contributed by atoms with Gasteiger partial charge in [-0.2, -0.15) is 0 Å². The third-order valence-electron chi connectivity index (χ3n) is 3.70. The van der Waals surface area contributed by atoms with Crippen LogP contribution in [0.1, 0.15) is 28.8 Å². The average molecular weight is 390 g/mol. The van der Waals surface area contributed by atoms with Crippen LogP contribution < -0.4 is 10.1 Å². The van der Waals surface area contributed by atoms with Gasteiger partial charge in [-0.1, -0.05) is 23.2 Å². The Hall–Kier alpha value is -2.86. The summed E-state index contributed by atoms with van der Waals surface area (Å²) in [6.45, 7) is 1.44. The number of anilines is 1. The summed E-state index contributed by atoms with van der Waals surface area (Å²) >= 11 is 5.77. The van der Waals surface area contributed by atoms with Gasteiger partial charge in [0.15, 0.2) is 12.4 Å². The maximum Gasteiger partial charge on any atom is 0.306 e. The zero-order valence-electron chi connectivity index (χ0n) is 15.1. The Kier molecular flexibility index (Phi) is 7.37. The first-order chi connectivity index (χ1) is 12.9. The molecule has 0 bridgehead atoms. The molecule has 7 heteroatoms. The van der Waals surface area contributed by atoms with Crippen molar-refractivity contribution in [1.29, 1.82) is 0 Å². The van der Waals surface area contributed by atoms with Gasteiger partial charge in [0.25, 0.3) is 5.91 Å². The number of aryl methyl sites for hydroxylation is 1. The Bertz CT molecular complexity index is 833. The molecule has 0 aliphatic carbocycles. The first-order valence-electron chi connectivity index (χ1n) is 8.28. The molecule has 0 spiro atoms. The lowest BCUT2D eigenvalue weighted by molar-refractivity contribution is -0.147. The fourth-order valence-electron chi connectivity index (χ4n) is 2.34. The lowest BCUT2D eigenvalue weighted by Crippen LogP contribution is -2.21. The van der Waals surface area contributed by atoms with Crippen LogP contribution in [0.3, 0.4) is 0 Å². The number of nitrogens with one attached hydrogen (secondary N) is 1. The van der Waals surface area contributed by atoms with Crippen molar-refractivity contribution in [3.8, 4) is 5.75 Å². The predicted octanol–water partition coefficient (Wildman–Crippen LogP) is 3.80. The molecule has 2 aromatic carbocycles. The van der Waals surface area contributed by atoms with Crippen LogP contribution in [0.25, 0.3) is 0 Å². The lowest BCUT2D eigenvalue weighted by atomic mass is 10.0. The molecule has 0 aliphatic heterocycles. The molecule has 0 aliphatic rings. The van der Waals surface area contributed by atoms with Crippen molar-refractivity contribution in [2.45, 2.75) is 19.8 Å². The highest BCUT2D eigenvalue weighted by Gasteiger charge is 2.15. The fourth-order valence-corrected chi connectivity index (χ4v) is 2.46. The van der Waals surface area contributed by atoms with Crippen molar-refractivity contribution in [3.05, 3.63) is 58.6 Å². The number of Topliss-reactive ketones (excluding diaryl/α,β-unsaturated/α-hetero) is 1. The van der Waals surface area contributed by atoms with Gasteiger partial charge in [0, 0.05) is 17.1 Å². The fraction of sp³-hybridized carbons (Fsp3) is 0.250. The quantitative estimate of drug-likeness (QED) is 0.548. The summed E-state index contributed by atoms with van der Waals surface area (Å²) in [6, 6.07) is 11.8. The maximum atomic E-state index is 12.3. The first-order valence-corrected chi connectivity index (χ1v) is 8.65. The number of carbonyl (C=O) groups excluding carboxylic acids is 3. The molecular weight excluding hydrogens is 370 g/mol. The highest BCUT2D eigenvalue weighted by Crippen LogP contribution is 2.21. The predicted molar refractivity (Wildman–Crippen MR) is 102 cm³/mol. The molecular formula is C20H20ClNO5. The van der Waals surface area contributed by atoms with Crippen LogP contribution in [0.5, 0.6) is 5.75 Å². The van der Waals surface area contributed by atoms with E-state index >= 15 is 0 Å². The van der Waals surface area contributed by atoms with Gasteiger partial charge >= 0.3 is 5.97 Å². The summed E-state index contributed by atoms with van der Waals surface area (Å²) in [7, 11) is 1.48. The van der Waals surface area contributed by atoms with Crippen LogP contribution >= 0.6 is 11.6 Å². The summed E-state index contributed by atoms with van der Waals surface area (Å²) < 4.78 is 10.1. The largest absolute Gasteiger partial charge is 0.496 e. The van der Waals surface area contributed by atoms with Crippen LogP contribution in [0.4, 0.5) is 5.69 Å². The molecule has 0 unspecified atom stereocenters. The number of carbonyl (C=O) groups is 3. The number of benzene rings is 2. The molecule has 2 aromatic rings. The van der Waals surface area contributed by atoms with Gasteiger partial charge in [-0.05, 0) is 43.3 Å². The second-order valence-electron chi connectivity index (χ2n) is 5.84. The van der Waals surface area contributed by atoms with Gasteiger partial charge in [0.05, 0.1) is 19.1 Å². The van der Waals surface area contributed by atoms with E-state index in [9.17, 15) is 14.4 Å². The molecule has 6 nitrogen and oxygen atoms in total. The number of rotatable bonds is 8. The highest BCUT2D eigenvalue weighted by molar-refractivity contribution is 6.30. The van der Waals surface area contributed by atoms with Crippen molar-refractivity contribution in [2.24, 2.45) is 0 Å². The van der Waals surface area contributed by atoms with Crippen LogP contribution in [-0.2, 0) is 14.3 Å². The molecule has 2 rings (SSSR count). The number of halogens is 1. The smallest absolute Gasteiger partial charge is 0.306 e. The molecule has 0 atom stereocenters. The Balaban J connectivity index is 1.79. The van der Waals surface area contributed by atoms with Crippen molar-refractivity contribution in [1.82, 2.24) is 0 Å². The Morgan fingerprint density at radius 3 is 2.41 bits per heavy atom. The van der Waals surface area contributed by atoms with E-state index in [1.165, 1.54) is 7.11 Å². The minimum atomic E-state index is -0.624. The lowest BCUT2D eigenvalue weighted by Gasteiger charge is -2.09. The van der Waals surface area contributed by atoms with Crippen LogP contribution in [0, 0.1) is 6.92 Å². The van der Waals surface area contributed by atoms with Gasteiger partial charge in [0.1, 0.15) is 5.75 Å². The summed E-state index contributed by atoms with van der Waals surface area (Å²) in [5.74, 6) is -0.863. The molecule has 0 aromatic heterocycles. The van der Waals surface area contributed by atoms with E-state index in [0.29, 0.717) is 22.0 Å². The number of hydrogen-bond donors (Lipinski definition) is 1. The molecule has 142 valence electrons. The van der Waals surface area contributed by atoms with Crippen LogP contribution in [0.15, 0.2) is 42.5 Å². The highest BCUT2D eigenvalue weighted by atomic mass is 35.5. The Morgan fingerprint density at radius 1 is 1.04 bits per heavy atom. The minimum Gasteiger partial charge on any atom is -0.496 e. The second kappa shape index (κ2) is 9.73. The summed E-state index contributed by atoms with van der Waals surface area (Å²) in [6.07, 6.45) is -0.151.